The first-order valence-electron chi connectivity index (χ1n) is 12.4. The van der Waals surface area contributed by atoms with E-state index in [0.717, 1.165) is 22.0 Å². The molecule has 3 heterocycles. The van der Waals surface area contributed by atoms with Gasteiger partial charge in [0.2, 0.25) is 0 Å². The van der Waals surface area contributed by atoms with E-state index >= 15 is 0 Å². The van der Waals surface area contributed by atoms with E-state index in [1.54, 1.807) is 28.9 Å². The summed E-state index contributed by atoms with van der Waals surface area (Å²) in [5.41, 5.74) is 3.26. The summed E-state index contributed by atoms with van der Waals surface area (Å²) >= 11 is 0. The number of aromatic amines is 1. The SMILES string of the molecule is C=C(C)c1cc(NC(=O)Nc2ccc(Oc3ccnc4[nH]c(=O)cnc34)c3ccccc23)n(-c2ccccc2)n1. The van der Waals surface area contributed by atoms with Crippen LogP contribution in [-0.4, -0.2) is 30.8 Å². The van der Waals surface area contributed by atoms with Gasteiger partial charge >= 0.3 is 6.03 Å². The lowest BCUT2D eigenvalue weighted by molar-refractivity contribution is 0.262. The zero-order chi connectivity index (χ0) is 27.6. The summed E-state index contributed by atoms with van der Waals surface area (Å²) in [7, 11) is 0. The predicted octanol–water partition coefficient (Wildman–Crippen LogP) is 6.13. The van der Waals surface area contributed by atoms with Crippen molar-refractivity contribution in [2.45, 2.75) is 6.92 Å². The molecule has 6 aromatic rings. The molecule has 0 spiro atoms. The number of fused-ring (bicyclic) bond motifs is 2. The Morgan fingerprint density at radius 2 is 1.70 bits per heavy atom. The van der Waals surface area contributed by atoms with Gasteiger partial charge in [-0.15, -0.1) is 0 Å². The molecule has 0 unspecified atom stereocenters. The summed E-state index contributed by atoms with van der Waals surface area (Å²) in [6.07, 6.45) is 2.72. The molecule has 0 aliphatic carbocycles. The number of nitrogens with zero attached hydrogens (tertiary/aromatic N) is 4. The second-order valence-electron chi connectivity index (χ2n) is 9.03. The maximum absolute atomic E-state index is 13.2. The average Bonchev–Trinajstić information content (AvgIpc) is 3.39. The number of hydrogen-bond acceptors (Lipinski definition) is 6. The van der Waals surface area contributed by atoms with Crippen LogP contribution in [0.4, 0.5) is 16.3 Å². The smallest absolute Gasteiger partial charge is 0.324 e. The number of carbonyl (C=O) groups excluding carboxylic acids is 1. The number of para-hydroxylation sites is 1. The third-order valence-corrected chi connectivity index (χ3v) is 6.18. The molecule has 6 rings (SSSR count). The molecule has 0 aliphatic rings. The van der Waals surface area contributed by atoms with Crippen LogP contribution in [0.5, 0.6) is 11.5 Å². The Labute approximate surface area is 228 Å². The van der Waals surface area contributed by atoms with Crippen LogP contribution in [0.25, 0.3) is 33.2 Å². The third kappa shape index (κ3) is 4.76. The molecule has 0 radical (unpaired) electrons. The van der Waals surface area contributed by atoms with Gasteiger partial charge in [0.05, 0.1) is 23.3 Å². The number of carbonyl (C=O) groups is 1. The van der Waals surface area contributed by atoms with Crippen LogP contribution in [-0.2, 0) is 0 Å². The maximum atomic E-state index is 13.2. The highest BCUT2D eigenvalue weighted by Crippen LogP contribution is 2.36. The number of pyridine rings is 1. The monoisotopic (exact) mass is 529 g/mol. The van der Waals surface area contributed by atoms with Gasteiger partial charge in [0.25, 0.3) is 5.56 Å². The van der Waals surface area contributed by atoms with Crippen LogP contribution in [0.3, 0.4) is 0 Å². The fourth-order valence-electron chi connectivity index (χ4n) is 4.31. The highest BCUT2D eigenvalue weighted by atomic mass is 16.5. The van der Waals surface area contributed by atoms with Crippen molar-refractivity contribution in [2.75, 3.05) is 10.6 Å². The highest BCUT2D eigenvalue weighted by Gasteiger charge is 2.16. The molecule has 3 aromatic heterocycles. The van der Waals surface area contributed by atoms with Gasteiger partial charge in [-0.2, -0.15) is 5.10 Å². The number of allylic oxidation sites excluding steroid dienone is 1. The first kappa shape index (κ1) is 24.6. The van der Waals surface area contributed by atoms with Crippen molar-refractivity contribution in [3.8, 4) is 17.2 Å². The number of amides is 2. The molecular weight excluding hydrogens is 506 g/mol. The average molecular weight is 530 g/mol. The number of aromatic nitrogens is 5. The minimum atomic E-state index is -0.433. The second kappa shape index (κ2) is 10.2. The van der Waals surface area contributed by atoms with Crippen molar-refractivity contribution in [3.05, 3.63) is 114 Å². The highest BCUT2D eigenvalue weighted by molar-refractivity contribution is 6.07. The number of ether oxygens (including phenoxy) is 1. The minimum Gasteiger partial charge on any atom is -0.454 e. The number of H-pyrrole nitrogens is 1. The van der Waals surface area contributed by atoms with E-state index in [1.165, 1.54) is 12.4 Å². The molecule has 196 valence electrons. The van der Waals surface area contributed by atoms with Crippen molar-refractivity contribution < 1.29 is 9.53 Å². The largest absolute Gasteiger partial charge is 0.454 e. The van der Waals surface area contributed by atoms with E-state index in [0.29, 0.717) is 39.9 Å². The van der Waals surface area contributed by atoms with Gasteiger partial charge in [-0.1, -0.05) is 49.0 Å². The van der Waals surface area contributed by atoms with E-state index < -0.39 is 6.03 Å². The molecule has 40 heavy (non-hydrogen) atoms. The molecular formula is C30H23N7O3. The Hall–Kier alpha value is -5.77. The van der Waals surface area contributed by atoms with Gasteiger partial charge in [0.1, 0.15) is 17.1 Å². The van der Waals surface area contributed by atoms with Gasteiger partial charge in [-0.3, -0.25) is 10.1 Å². The molecule has 0 saturated heterocycles. The van der Waals surface area contributed by atoms with E-state index in [-0.39, 0.29) is 5.56 Å². The Kier molecular flexibility index (Phi) is 6.25. The Bertz CT molecular complexity index is 1960. The summed E-state index contributed by atoms with van der Waals surface area (Å²) in [5.74, 6) is 1.49. The van der Waals surface area contributed by atoms with Crippen LogP contribution < -0.4 is 20.9 Å². The van der Waals surface area contributed by atoms with Crippen molar-refractivity contribution in [2.24, 2.45) is 0 Å². The molecule has 0 fully saturated rings. The van der Waals surface area contributed by atoms with E-state index in [4.69, 9.17) is 4.74 Å². The fraction of sp³-hybridized carbons (Fsp3) is 0.0333. The zero-order valence-corrected chi connectivity index (χ0v) is 21.4. The van der Waals surface area contributed by atoms with Crippen molar-refractivity contribution in [3.63, 3.8) is 0 Å². The maximum Gasteiger partial charge on any atom is 0.324 e. The lowest BCUT2D eigenvalue weighted by Gasteiger charge is -2.14. The second-order valence-corrected chi connectivity index (χ2v) is 9.03. The summed E-state index contributed by atoms with van der Waals surface area (Å²) in [6, 6.07) is 23.7. The minimum absolute atomic E-state index is 0.328. The van der Waals surface area contributed by atoms with Crippen LogP contribution >= 0.6 is 0 Å². The van der Waals surface area contributed by atoms with Gasteiger partial charge < -0.3 is 15.0 Å². The molecule has 0 aliphatic heterocycles. The van der Waals surface area contributed by atoms with Crippen molar-refractivity contribution in [1.29, 1.82) is 0 Å². The summed E-state index contributed by atoms with van der Waals surface area (Å²) in [6.45, 7) is 5.84. The van der Waals surface area contributed by atoms with E-state index in [2.05, 4.69) is 37.3 Å². The first-order valence-corrected chi connectivity index (χ1v) is 12.4. The van der Waals surface area contributed by atoms with E-state index in [1.807, 2.05) is 61.5 Å². The number of nitrogens with one attached hydrogen (secondary N) is 3. The van der Waals surface area contributed by atoms with Crippen LogP contribution in [0, 0.1) is 0 Å². The number of benzene rings is 3. The normalized spacial score (nSPS) is 10.9. The third-order valence-electron chi connectivity index (χ3n) is 6.18. The molecule has 2 amide bonds. The van der Waals surface area contributed by atoms with Gasteiger partial charge in [-0.25, -0.2) is 19.4 Å². The topological polar surface area (TPSA) is 127 Å². The quantitative estimate of drug-likeness (QED) is 0.238. The lowest BCUT2D eigenvalue weighted by atomic mass is 10.1. The summed E-state index contributed by atoms with van der Waals surface area (Å²) in [5, 5.41) is 12.0. The Morgan fingerprint density at radius 3 is 2.50 bits per heavy atom. The molecule has 0 atom stereocenters. The zero-order valence-electron chi connectivity index (χ0n) is 21.4. The van der Waals surface area contributed by atoms with Gasteiger partial charge in [0.15, 0.2) is 11.4 Å². The Balaban J connectivity index is 1.30. The lowest BCUT2D eigenvalue weighted by Crippen LogP contribution is -2.21. The molecule has 10 heteroatoms. The number of urea groups is 1. The van der Waals surface area contributed by atoms with Crippen LogP contribution in [0.1, 0.15) is 12.6 Å². The van der Waals surface area contributed by atoms with Crippen LogP contribution in [0.2, 0.25) is 0 Å². The van der Waals surface area contributed by atoms with Crippen molar-refractivity contribution in [1.82, 2.24) is 24.7 Å². The molecule has 0 saturated carbocycles. The standard InChI is InChI=1S/C30H23N7O3/c1-18(2)23-16-26(37(36-23)19-8-4-3-5-9-19)34-30(39)33-22-12-13-24(21-11-7-6-10-20(21)22)40-25-14-15-31-29-28(25)32-17-27(38)35-29/h3-17H,1H2,2H3,(H,31,35,38)(H2,33,34,39). The first-order chi connectivity index (χ1) is 19.5. The number of anilines is 2. The van der Waals surface area contributed by atoms with Gasteiger partial charge in [0, 0.05) is 29.1 Å². The van der Waals surface area contributed by atoms with E-state index in [9.17, 15) is 9.59 Å². The van der Waals surface area contributed by atoms with Crippen molar-refractivity contribution >= 4 is 45.0 Å². The molecule has 0 bridgehead atoms. The predicted molar refractivity (Wildman–Crippen MR) is 155 cm³/mol. The Morgan fingerprint density at radius 1 is 0.925 bits per heavy atom. The summed E-state index contributed by atoms with van der Waals surface area (Å²) < 4.78 is 7.88. The molecule has 3 aromatic carbocycles. The number of rotatable bonds is 6. The molecule has 3 N–H and O–H groups in total. The number of hydrogen-bond donors (Lipinski definition) is 3. The van der Waals surface area contributed by atoms with Crippen LogP contribution in [0.15, 0.2) is 103 Å². The fourth-order valence-corrected chi connectivity index (χ4v) is 4.31. The molecule has 10 nitrogen and oxygen atoms in total. The summed E-state index contributed by atoms with van der Waals surface area (Å²) in [4.78, 5) is 35.8. The van der Waals surface area contributed by atoms with Gasteiger partial charge in [-0.05, 0) is 36.8 Å².